The van der Waals surface area contributed by atoms with Crippen LogP contribution in [-0.2, 0) is 4.74 Å². The van der Waals surface area contributed by atoms with Crippen LogP contribution in [0.3, 0.4) is 0 Å². The van der Waals surface area contributed by atoms with Crippen molar-refractivity contribution in [1.82, 2.24) is 5.32 Å². The Bertz CT molecular complexity index is 398. The molecule has 1 aromatic carbocycles. The molecule has 1 rings (SSSR count). The Morgan fingerprint density at radius 1 is 1.26 bits per heavy atom. The number of aliphatic hydroxyl groups excluding tert-OH is 1. The molecule has 0 aliphatic carbocycles. The van der Waals surface area contributed by atoms with Gasteiger partial charge in [-0.15, -0.1) is 0 Å². The fraction of sp³-hybridized carbons (Fsp3) is 0.500. The van der Waals surface area contributed by atoms with E-state index in [1.165, 1.54) is 0 Å². The summed E-state index contributed by atoms with van der Waals surface area (Å²) >= 11 is 0. The molecule has 0 radical (unpaired) electrons. The largest absolute Gasteiger partial charge is 0.444 e. The molecule has 0 bridgehead atoms. The Kier molecular flexibility index (Phi) is 5.32. The minimum absolute atomic E-state index is 0.00323. The highest BCUT2D eigenvalue weighted by Gasteiger charge is 2.21. The lowest BCUT2D eigenvalue weighted by Crippen LogP contribution is -2.36. The fourth-order valence-corrected chi connectivity index (χ4v) is 1.62. The van der Waals surface area contributed by atoms with E-state index in [4.69, 9.17) is 14.9 Å². The Morgan fingerprint density at radius 3 is 2.32 bits per heavy atom. The standard InChI is InChI=1S/C14H21NO4/c1-14(2,3)19-13(18)15-11(9-12(16)17)10-7-5-4-6-8-10/h4-8,11-12,16-17H,9H2,1-3H3,(H,15,18)/t11-/m1/s1. The van der Waals surface area contributed by atoms with E-state index in [0.717, 1.165) is 5.56 Å². The first-order valence-corrected chi connectivity index (χ1v) is 6.18. The van der Waals surface area contributed by atoms with Crippen LogP contribution in [0.15, 0.2) is 30.3 Å². The first-order chi connectivity index (χ1) is 8.78. The molecule has 5 nitrogen and oxygen atoms in total. The van der Waals surface area contributed by atoms with Gasteiger partial charge in [-0.25, -0.2) is 4.79 Å². The van der Waals surface area contributed by atoms with Crippen LogP contribution in [0.2, 0.25) is 0 Å². The van der Waals surface area contributed by atoms with E-state index < -0.39 is 24.0 Å². The zero-order valence-corrected chi connectivity index (χ0v) is 11.5. The number of carbonyl (C=O) groups excluding carboxylic acids is 1. The predicted octanol–water partition coefficient (Wildman–Crippen LogP) is 1.95. The van der Waals surface area contributed by atoms with Gasteiger partial charge in [-0.1, -0.05) is 30.3 Å². The van der Waals surface area contributed by atoms with Crippen LogP contribution < -0.4 is 5.32 Å². The molecule has 0 spiro atoms. The summed E-state index contributed by atoms with van der Waals surface area (Å²) in [5, 5.41) is 20.8. The molecule has 0 aliphatic rings. The van der Waals surface area contributed by atoms with Gasteiger partial charge in [0, 0.05) is 6.42 Å². The van der Waals surface area contributed by atoms with Crippen molar-refractivity contribution in [2.75, 3.05) is 0 Å². The number of benzene rings is 1. The summed E-state index contributed by atoms with van der Waals surface area (Å²) in [6.45, 7) is 5.31. The van der Waals surface area contributed by atoms with Gasteiger partial charge in [-0.2, -0.15) is 0 Å². The van der Waals surface area contributed by atoms with E-state index in [1.807, 2.05) is 30.3 Å². The summed E-state index contributed by atoms with van der Waals surface area (Å²) < 4.78 is 5.16. The maximum Gasteiger partial charge on any atom is 0.408 e. The van der Waals surface area contributed by atoms with Crippen molar-refractivity contribution < 1.29 is 19.7 Å². The molecule has 0 aliphatic heterocycles. The summed E-state index contributed by atoms with van der Waals surface area (Å²) in [7, 11) is 0. The molecule has 106 valence electrons. The average molecular weight is 267 g/mol. The number of nitrogens with one attached hydrogen (secondary N) is 1. The second-order valence-electron chi connectivity index (χ2n) is 5.33. The molecule has 1 amide bonds. The van der Waals surface area contributed by atoms with Gasteiger partial charge in [-0.3, -0.25) is 0 Å². The summed E-state index contributed by atoms with van der Waals surface area (Å²) in [6.07, 6.45) is -2.08. The van der Waals surface area contributed by atoms with Crippen LogP contribution in [0.25, 0.3) is 0 Å². The van der Waals surface area contributed by atoms with Gasteiger partial charge in [0.25, 0.3) is 0 Å². The maximum atomic E-state index is 11.7. The Labute approximate surface area is 113 Å². The maximum absolute atomic E-state index is 11.7. The third kappa shape index (κ3) is 6.22. The third-order valence-electron chi connectivity index (χ3n) is 2.34. The van der Waals surface area contributed by atoms with E-state index in [-0.39, 0.29) is 6.42 Å². The van der Waals surface area contributed by atoms with Gasteiger partial charge in [0.15, 0.2) is 6.29 Å². The zero-order chi connectivity index (χ0) is 14.5. The molecule has 0 saturated heterocycles. The number of aliphatic hydroxyl groups is 2. The van der Waals surface area contributed by atoms with Crippen molar-refractivity contribution in [3.63, 3.8) is 0 Å². The van der Waals surface area contributed by atoms with Crippen molar-refractivity contribution in [3.05, 3.63) is 35.9 Å². The zero-order valence-electron chi connectivity index (χ0n) is 11.5. The van der Waals surface area contributed by atoms with E-state index in [1.54, 1.807) is 20.8 Å². The van der Waals surface area contributed by atoms with Crippen molar-refractivity contribution in [1.29, 1.82) is 0 Å². The molecule has 3 N–H and O–H groups in total. The van der Waals surface area contributed by atoms with Gasteiger partial charge in [0.05, 0.1) is 6.04 Å². The first kappa shape index (κ1) is 15.5. The van der Waals surface area contributed by atoms with E-state index in [9.17, 15) is 4.79 Å². The summed E-state index contributed by atoms with van der Waals surface area (Å²) in [4.78, 5) is 11.7. The second-order valence-corrected chi connectivity index (χ2v) is 5.33. The molecule has 0 aromatic heterocycles. The first-order valence-electron chi connectivity index (χ1n) is 6.18. The predicted molar refractivity (Wildman–Crippen MR) is 71.4 cm³/mol. The summed E-state index contributed by atoms with van der Waals surface area (Å²) in [6, 6.07) is 8.61. The molecule has 5 heteroatoms. The molecule has 0 unspecified atom stereocenters. The topological polar surface area (TPSA) is 78.8 Å². The van der Waals surface area contributed by atoms with Crippen LogP contribution in [0.4, 0.5) is 4.79 Å². The van der Waals surface area contributed by atoms with Crippen molar-refractivity contribution in [2.24, 2.45) is 0 Å². The number of alkyl carbamates (subject to hydrolysis) is 1. The minimum Gasteiger partial charge on any atom is -0.444 e. The Hall–Kier alpha value is -1.59. The van der Waals surface area contributed by atoms with Crippen molar-refractivity contribution >= 4 is 6.09 Å². The Balaban J connectivity index is 2.73. The monoisotopic (exact) mass is 267 g/mol. The number of ether oxygens (including phenoxy) is 1. The number of hydrogen-bond donors (Lipinski definition) is 3. The van der Waals surface area contributed by atoms with Gasteiger partial charge in [0.1, 0.15) is 5.60 Å². The van der Waals surface area contributed by atoms with Gasteiger partial charge >= 0.3 is 6.09 Å². The van der Waals surface area contributed by atoms with Crippen molar-refractivity contribution in [3.8, 4) is 0 Å². The number of rotatable bonds is 4. The molecule has 0 fully saturated rings. The molecule has 1 atom stereocenters. The quantitative estimate of drug-likeness (QED) is 0.729. The SMILES string of the molecule is CC(C)(C)OC(=O)N[C@H](CC(O)O)c1ccccc1. The highest BCUT2D eigenvalue weighted by Crippen LogP contribution is 2.18. The van der Waals surface area contributed by atoms with Crippen LogP contribution >= 0.6 is 0 Å². The van der Waals surface area contributed by atoms with Gasteiger partial charge in [-0.05, 0) is 26.3 Å². The highest BCUT2D eigenvalue weighted by molar-refractivity contribution is 5.68. The average Bonchev–Trinajstić information content (AvgIpc) is 2.26. The summed E-state index contributed by atoms with van der Waals surface area (Å²) in [5.74, 6) is 0. The van der Waals surface area contributed by atoms with Crippen LogP contribution in [0, 0.1) is 0 Å². The van der Waals surface area contributed by atoms with E-state index in [0.29, 0.717) is 0 Å². The molecule has 0 heterocycles. The van der Waals surface area contributed by atoms with Crippen LogP contribution in [0.5, 0.6) is 0 Å². The molecule has 19 heavy (non-hydrogen) atoms. The van der Waals surface area contributed by atoms with E-state index in [2.05, 4.69) is 5.32 Å². The van der Waals surface area contributed by atoms with Crippen molar-refractivity contribution in [2.45, 2.75) is 45.1 Å². The van der Waals surface area contributed by atoms with Crippen LogP contribution in [0.1, 0.15) is 38.8 Å². The molecular formula is C14H21NO4. The smallest absolute Gasteiger partial charge is 0.408 e. The Morgan fingerprint density at radius 2 is 1.84 bits per heavy atom. The van der Waals surface area contributed by atoms with Crippen LogP contribution in [-0.4, -0.2) is 28.2 Å². The third-order valence-corrected chi connectivity index (χ3v) is 2.34. The summed E-state index contributed by atoms with van der Waals surface area (Å²) in [5.41, 5.74) is 0.199. The number of amides is 1. The normalized spacial score (nSPS) is 13.2. The fourth-order valence-electron chi connectivity index (χ4n) is 1.62. The molecular weight excluding hydrogens is 246 g/mol. The lowest BCUT2D eigenvalue weighted by Gasteiger charge is -2.24. The lowest BCUT2D eigenvalue weighted by atomic mass is 10.0. The lowest BCUT2D eigenvalue weighted by molar-refractivity contribution is -0.0520. The molecule has 0 saturated carbocycles. The van der Waals surface area contributed by atoms with Gasteiger partial charge < -0.3 is 20.3 Å². The number of hydrogen-bond acceptors (Lipinski definition) is 4. The minimum atomic E-state index is -1.50. The molecule has 1 aromatic rings. The number of carbonyl (C=O) groups is 1. The highest BCUT2D eigenvalue weighted by atomic mass is 16.6. The van der Waals surface area contributed by atoms with Gasteiger partial charge in [0.2, 0.25) is 0 Å². The van der Waals surface area contributed by atoms with E-state index >= 15 is 0 Å². The second kappa shape index (κ2) is 6.54.